The summed E-state index contributed by atoms with van der Waals surface area (Å²) in [4.78, 5) is 10.0. The molecule has 2 aromatic carbocycles. The first-order valence-corrected chi connectivity index (χ1v) is 12.0. The molecule has 1 fully saturated rings. The summed E-state index contributed by atoms with van der Waals surface area (Å²) in [5.74, 6) is 1.49. The quantitative estimate of drug-likeness (QED) is 0.377. The van der Waals surface area contributed by atoms with Gasteiger partial charge in [-0.1, -0.05) is 67.9 Å². The van der Waals surface area contributed by atoms with Crippen LogP contribution in [0.4, 0.5) is 5.82 Å². The van der Waals surface area contributed by atoms with Crippen LogP contribution >= 0.6 is 11.6 Å². The molecule has 5 nitrogen and oxygen atoms in total. The van der Waals surface area contributed by atoms with Gasteiger partial charge in [-0.05, 0) is 36.1 Å². The lowest BCUT2D eigenvalue weighted by Gasteiger charge is -2.36. The Morgan fingerprint density at radius 2 is 1.64 bits per heavy atom. The lowest BCUT2D eigenvalue weighted by molar-refractivity contribution is 0.249. The molecule has 0 amide bonds. The highest BCUT2D eigenvalue weighted by molar-refractivity contribution is 6.30. The second-order valence-electron chi connectivity index (χ2n) is 9.15. The van der Waals surface area contributed by atoms with E-state index in [1.54, 1.807) is 0 Å². The van der Waals surface area contributed by atoms with Gasteiger partial charge < -0.3 is 4.90 Å². The van der Waals surface area contributed by atoms with Crippen LogP contribution in [0.25, 0.3) is 16.8 Å². The predicted octanol–water partition coefficient (Wildman–Crippen LogP) is 5.80. The lowest BCUT2D eigenvalue weighted by atomic mass is 10.1. The molecule has 0 saturated carbocycles. The topological polar surface area (TPSA) is 36.7 Å². The van der Waals surface area contributed by atoms with E-state index >= 15 is 0 Å². The van der Waals surface area contributed by atoms with E-state index in [4.69, 9.17) is 21.7 Å². The third-order valence-electron chi connectivity index (χ3n) is 6.43. The van der Waals surface area contributed by atoms with Crippen LogP contribution in [0.1, 0.15) is 36.7 Å². The number of aryl methyl sites for hydroxylation is 1. The van der Waals surface area contributed by atoms with Crippen LogP contribution in [0.5, 0.6) is 0 Å². The smallest absolute Gasteiger partial charge is 0.165 e. The van der Waals surface area contributed by atoms with Gasteiger partial charge in [0.25, 0.3) is 0 Å². The molecule has 0 N–H and O–H groups in total. The summed E-state index contributed by atoms with van der Waals surface area (Å²) < 4.78 is 2.05. The van der Waals surface area contributed by atoms with Gasteiger partial charge >= 0.3 is 0 Å². The number of fused-ring (bicyclic) bond motifs is 1. The van der Waals surface area contributed by atoms with Crippen LogP contribution in [0, 0.1) is 6.92 Å². The maximum atomic E-state index is 6.04. The fraction of sp³-hybridized carbons (Fsp3) is 0.333. The zero-order chi connectivity index (χ0) is 22.9. The number of aromatic nitrogens is 3. The van der Waals surface area contributed by atoms with Gasteiger partial charge in [-0.2, -0.15) is 9.61 Å². The normalized spacial score (nSPS) is 15.0. The van der Waals surface area contributed by atoms with Crippen LogP contribution in [0.2, 0.25) is 5.02 Å². The molecule has 4 aromatic rings. The average molecular weight is 460 g/mol. The Kier molecular flexibility index (Phi) is 6.09. The van der Waals surface area contributed by atoms with E-state index in [1.807, 2.05) is 18.2 Å². The molecule has 170 valence electrons. The molecule has 5 rings (SSSR count). The van der Waals surface area contributed by atoms with Crippen molar-refractivity contribution in [2.24, 2.45) is 0 Å². The number of piperazine rings is 1. The second-order valence-corrected chi connectivity index (χ2v) is 9.58. The molecular formula is C27H30ClN5. The van der Waals surface area contributed by atoms with Crippen LogP contribution in [0.3, 0.4) is 0 Å². The molecule has 0 bridgehead atoms. The van der Waals surface area contributed by atoms with Crippen molar-refractivity contribution in [1.82, 2.24) is 19.5 Å². The standard InChI is InChI=1S/C27H30ClN5/c1-19(2)24-17-25(32-15-13-31(14-16-32)18-21-9-11-23(28)12-10-21)33-27(29-24)26(20(3)30-33)22-7-5-4-6-8-22/h4-12,17,19H,13-16,18H2,1-3H3. The van der Waals surface area contributed by atoms with Crippen molar-refractivity contribution in [2.45, 2.75) is 33.2 Å². The summed E-state index contributed by atoms with van der Waals surface area (Å²) >= 11 is 6.04. The summed E-state index contributed by atoms with van der Waals surface area (Å²) in [6.07, 6.45) is 0. The monoisotopic (exact) mass is 459 g/mol. The Morgan fingerprint density at radius 3 is 2.30 bits per heavy atom. The fourth-order valence-electron chi connectivity index (χ4n) is 4.57. The SMILES string of the molecule is Cc1nn2c(N3CCN(Cc4ccc(Cl)cc4)CC3)cc(C(C)C)nc2c1-c1ccccc1. The predicted molar refractivity (Wildman–Crippen MR) is 136 cm³/mol. The summed E-state index contributed by atoms with van der Waals surface area (Å²) in [6.45, 7) is 11.4. The molecule has 1 saturated heterocycles. The Bertz CT molecular complexity index is 1240. The molecule has 33 heavy (non-hydrogen) atoms. The van der Waals surface area contributed by atoms with Gasteiger partial charge in [0.1, 0.15) is 5.82 Å². The Labute approximate surface area is 200 Å². The fourth-order valence-corrected chi connectivity index (χ4v) is 4.70. The van der Waals surface area contributed by atoms with Crippen molar-refractivity contribution in [3.8, 4) is 11.1 Å². The number of rotatable bonds is 5. The van der Waals surface area contributed by atoms with Crippen LogP contribution in [0.15, 0.2) is 60.7 Å². The van der Waals surface area contributed by atoms with Crippen molar-refractivity contribution in [2.75, 3.05) is 31.1 Å². The lowest BCUT2D eigenvalue weighted by Crippen LogP contribution is -2.46. The third-order valence-corrected chi connectivity index (χ3v) is 6.69. The summed E-state index contributed by atoms with van der Waals surface area (Å²) in [6, 6.07) is 20.9. The second kappa shape index (κ2) is 9.16. The van der Waals surface area contributed by atoms with Gasteiger partial charge in [0.2, 0.25) is 0 Å². The van der Waals surface area contributed by atoms with Gasteiger partial charge in [0, 0.05) is 55.1 Å². The number of anilines is 1. The molecular weight excluding hydrogens is 430 g/mol. The molecule has 1 aliphatic rings. The van der Waals surface area contributed by atoms with E-state index in [9.17, 15) is 0 Å². The van der Waals surface area contributed by atoms with E-state index in [0.717, 1.165) is 71.7 Å². The first-order valence-electron chi connectivity index (χ1n) is 11.7. The highest BCUT2D eigenvalue weighted by Crippen LogP contribution is 2.32. The zero-order valence-corrected chi connectivity index (χ0v) is 20.3. The van der Waals surface area contributed by atoms with Crippen molar-refractivity contribution >= 4 is 23.1 Å². The molecule has 0 atom stereocenters. The number of halogens is 1. The number of benzene rings is 2. The Hall–Kier alpha value is -2.89. The van der Waals surface area contributed by atoms with E-state index < -0.39 is 0 Å². The molecule has 0 radical (unpaired) electrons. The zero-order valence-electron chi connectivity index (χ0n) is 19.5. The number of hydrogen-bond acceptors (Lipinski definition) is 4. The summed E-state index contributed by atoms with van der Waals surface area (Å²) in [5.41, 5.74) is 6.66. The Morgan fingerprint density at radius 1 is 0.939 bits per heavy atom. The van der Waals surface area contributed by atoms with Crippen molar-refractivity contribution < 1.29 is 0 Å². The molecule has 0 spiro atoms. The number of hydrogen-bond donors (Lipinski definition) is 0. The first-order chi connectivity index (χ1) is 16.0. The summed E-state index contributed by atoms with van der Waals surface area (Å²) in [5, 5.41) is 5.73. The Balaban J connectivity index is 1.45. The van der Waals surface area contributed by atoms with Gasteiger partial charge in [-0.15, -0.1) is 0 Å². The average Bonchev–Trinajstić information content (AvgIpc) is 3.16. The summed E-state index contributed by atoms with van der Waals surface area (Å²) in [7, 11) is 0. The molecule has 1 aliphatic heterocycles. The van der Waals surface area contributed by atoms with Gasteiger partial charge in [-0.3, -0.25) is 4.90 Å². The van der Waals surface area contributed by atoms with E-state index in [2.05, 4.69) is 77.6 Å². The van der Waals surface area contributed by atoms with Gasteiger partial charge in [-0.25, -0.2) is 4.98 Å². The van der Waals surface area contributed by atoms with Gasteiger partial charge in [0.05, 0.1) is 5.69 Å². The largest absolute Gasteiger partial charge is 0.354 e. The maximum absolute atomic E-state index is 6.04. The third kappa shape index (κ3) is 4.48. The van der Waals surface area contributed by atoms with Crippen molar-refractivity contribution in [3.63, 3.8) is 0 Å². The molecule has 3 heterocycles. The highest BCUT2D eigenvalue weighted by atomic mass is 35.5. The van der Waals surface area contributed by atoms with E-state index in [-0.39, 0.29) is 0 Å². The van der Waals surface area contributed by atoms with Crippen LogP contribution in [-0.4, -0.2) is 45.7 Å². The van der Waals surface area contributed by atoms with E-state index in [0.29, 0.717) is 5.92 Å². The molecule has 0 unspecified atom stereocenters. The molecule has 2 aromatic heterocycles. The minimum atomic E-state index is 0.346. The van der Waals surface area contributed by atoms with Crippen molar-refractivity contribution in [1.29, 1.82) is 0 Å². The minimum Gasteiger partial charge on any atom is -0.354 e. The van der Waals surface area contributed by atoms with Crippen molar-refractivity contribution in [3.05, 3.63) is 82.6 Å². The first kappa shape index (κ1) is 21.9. The molecule has 6 heteroatoms. The number of nitrogens with zero attached hydrogens (tertiary/aromatic N) is 5. The van der Waals surface area contributed by atoms with Gasteiger partial charge in [0.15, 0.2) is 5.65 Å². The highest BCUT2D eigenvalue weighted by Gasteiger charge is 2.23. The molecule has 0 aliphatic carbocycles. The van der Waals surface area contributed by atoms with E-state index in [1.165, 1.54) is 5.56 Å². The van der Waals surface area contributed by atoms with Crippen LogP contribution < -0.4 is 4.90 Å². The maximum Gasteiger partial charge on any atom is 0.165 e. The van der Waals surface area contributed by atoms with Crippen LogP contribution in [-0.2, 0) is 6.54 Å². The minimum absolute atomic E-state index is 0.346.